The van der Waals surface area contributed by atoms with E-state index in [1.807, 2.05) is 61.5 Å². The fourth-order valence-corrected chi connectivity index (χ4v) is 2.76. The molecule has 1 unspecified atom stereocenters. The summed E-state index contributed by atoms with van der Waals surface area (Å²) in [7, 11) is 0. The summed E-state index contributed by atoms with van der Waals surface area (Å²) >= 11 is 6.01. The average Bonchev–Trinajstić information content (AvgIpc) is 2.67. The molecule has 2 aromatic carbocycles. The molecule has 1 heterocycles. The molecule has 0 radical (unpaired) electrons. The Labute approximate surface area is 159 Å². The number of nitrogens with one attached hydrogen (secondary N) is 2. The Morgan fingerprint density at radius 2 is 1.81 bits per heavy atom. The van der Waals surface area contributed by atoms with Crippen molar-refractivity contribution in [1.29, 1.82) is 0 Å². The van der Waals surface area contributed by atoms with Gasteiger partial charge in [-0.3, -0.25) is 0 Å². The van der Waals surface area contributed by atoms with Crippen molar-refractivity contribution >= 4 is 29.0 Å². The van der Waals surface area contributed by atoms with Crippen molar-refractivity contribution < 1.29 is 0 Å². The fraction of sp³-hybridized carbons (Fsp3) is 0.238. The van der Waals surface area contributed by atoms with Crippen molar-refractivity contribution in [3.05, 3.63) is 76.8 Å². The molecule has 134 valence electrons. The molecular weight excluding hydrogens is 344 g/mol. The maximum absolute atomic E-state index is 6.01. The Morgan fingerprint density at radius 3 is 2.46 bits per heavy atom. The van der Waals surface area contributed by atoms with Gasteiger partial charge in [0.15, 0.2) is 0 Å². The minimum Gasteiger partial charge on any atom is -0.325 e. The van der Waals surface area contributed by atoms with Gasteiger partial charge in [-0.05, 0) is 42.2 Å². The van der Waals surface area contributed by atoms with Crippen LogP contribution in [0.1, 0.15) is 31.9 Å². The van der Waals surface area contributed by atoms with Gasteiger partial charge < -0.3 is 5.32 Å². The number of hydrogen-bond acceptors (Lipinski definition) is 4. The summed E-state index contributed by atoms with van der Waals surface area (Å²) in [5.74, 6) is 1.03. The summed E-state index contributed by atoms with van der Waals surface area (Å²) in [4.78, 5) is 4.73. The number of benzene rings is 2. The van der Waals surface area contributed by atoms with Crippen LogP contribution in [0.2, 0.25) is 5.02 Å². The SMILES string of the molecule is C/C(=N\NC1=NC(C(C)C)C=C(c2ccc(Cl)cc2)N1)c1ccccc1. The zero-order valence-corrected chi connectivity index (χ0v) is 16.0. The molecule has 1 aliphatic rings. The van der Waals surface area contributed by atoms with Crippen molar-refractivity contribution in [2.45, 2.75) is 26.8 Å². The van der Waals surface area contributed by atoms with Gasteiger partial charge in [0.05, 0.1) is 11.8 Å². The average molecular weight is 367 g/mol. The van der Waals surface area contributed by atoms with Gasteiger partial charge in [0, 0.05) is 10.7 Å². The zero-order chi connectivity index (χ0) is 18.5. The Morgan fingerprint density at radius 1 is 1.12 bits per heavy atom. The van der Waals surface area contributed by atoms with Gasteiger partial charge in [-0.15, -0.1) is 0 Å². The molecule has 3 rings (SSSR count). The van der Waals surface area contributed by atoms with Crippen LogP contribution in [0.4, 0.5) is 0 Å². The lowest BCUT2D eigenvalue weighted by Gasteiger charge is -2.24. The lowest BCUT2D eigenvalue weighted by Crippen LogP contribution is -2.38. The summed E-state index contributed by atoms with van der Waals surface area (Å²) < 4.78 is 0. The fourth-order valence-electron chi connectivity index (χ4n) is 2.64. The van der Waals surface area contributed by atoms with Crippen molar-refractivity contribution in [3.8, 4) is 0 Å². The van der Waals surface area contributed by atoms with Crippen LogP contribution in [0.15, 0.2) is 70.8 Å². The van der Waals surface area contributed by atoms with Gasteiger partial charge in [0.25, 0.3) is 0 Å². The lowest BCUT2D eigenvalue weighted by molar-refractivity contribution is 0.564. The minimum absolute atomic E-state index is 0.0802. The molecule has 1 aliphatic heterocycles. The Kier molecular flexibility index (Phi) is 5.74. The number of hydrazone groups is 1. The number of rotatable bonds is 4. The highest BCUT2D eigenvalue weighted by Crippen LogP contribution is 2.21. The normalized spacial score (nSPS) is 17.4. The number of guanidine groups is 1. The second-order valence-corrected chi connectivity index (χ2v) is 7.04. The van der Waals surface area contributed by atoms with Crippen LogP contribution < -0.4 is 10.7 Å². The van der Waals surface area contributed by atoms with E-state index in [-0.39, 0.29) is 6.04 Å². The van der Waals surface area contributed by atoms with Gasteiger partial charge >= 0.3 is 0 Å². The number of halogens is 1. The maximum Gasteiger partial charge on any atom is 0.217 e. The van der Waals surface area contributed by atoms with Crippen LogP contribution in [-0.4, -0.2) is 17.7 Å². The van der Waals surface area contributed by atoms with Gasteiger partial charge in [0.2, 0.25) is 5.96 Å². The second kappa shape index (κ2) is 8.19. The lowest BCUT2D eigenvalue weighted by atomic mass is 10.0. The van der Waals surface area contributed by atoms with Crippen molar-refractivity contribution in [3.63, 3.8) is 0 Å². The first kappa shape index (κ1) is 18.2. The molecule has 2 N–H and O–H groups in total. The van der Waals surface area contributed by atoms with Crippen LogP contribution in [-0.2, 0) is 0 Å². The van der Waals surface area contributed by atoms with Crippen LogP contribution in [0.25, 0.3) is 5.70 Å². The predicted molar refractivity (Wildman–Crippen MR) is 110 cm³/mol. The van der Waals surface area contributed by atoms with E-state index in [4.69, 9.17) is 16.6 Å². The summed E-state index contributed by atoms with van der Waals surface area (Å²) in [6.45, 7) is 6.29. The molecule has 2 aromatic rings. The van der Waals surface area contributed by atoms with E-state index < -0.39 is 0 Å². The van der Waals surface area contributed by atoms with Gasteiger partial charge in [-0.2, -0.15) is 5.10 Å². The molecule has 26 heavy (non-hydrogen) atoms. The molecule has 5 heteroatoms. The van der Waals surface area contributed by atoms with Crippen LogP contribution in [0.3, 0.4) is 0 Å². The number of aliphatic imine (C=N–C) groups is 1. The molecule has 0 bridgehead atoms. The zero-order valence-electron chi connectivity index (χ0n) is 15.2. The summed E-state index contributed by atoms with van der Waals surface area (Å²) in [5.41, 5.74) is 7.12. The summed E-state index contributed by atoms with van der Waals surface area (Å²) in [6, 6.07) is 17.9. The van der Waals surface area contributed by atoms with E-state index in [2.05, 4.69) is 35.8 Å². The smallest absolute Gasteiger partial charge is 0.217 e. The Hall–Kier alpha value is -2.59. The third-order valence-electron chi connectivity index (χ3n) is 4.23. The van der Waals surface area contributed by atoms with E-state index in [1.54, 1.807) is 0 Å². The molecule has 0 aromatic heterocycles. The van der Waals surface area contributed by atoms with Crippen molar-refractivity contribution in [2.24, 2.45) is 16.0 Å². The highest BCUT2D eigenvalue weighted by atomic mass is 35.5. The number of nitrogens with zero attached hydrogens (tertiary/aromatic N) is 2. The minimum atomic E-state index is 0.0802. The Bertz CT molecular complexity index is 836. The van der Waals surface area contributed by atoms with Crippen LogP contribution in [0, 0.1) is 5.92 Å². The summed E-state index contributed by atoms with van der Waals surface area (Å²) in [6.07, 6.45) is 2.15. The second-order valence-electron chi connectivity index (χ2n) is 6.60. The molecule has 0 spiro atoms. The van der Waals surface area contributed by atoms with Gasteiger partial charge in [-0.1, -0.05) is 67.9 Å². The molecule has 4 nitrogen and oxygen atoms in total. The van der Waals surface area contributed by atoms with E-state index >= 15 is 0 Å². The molecule has 0 saturated heterocycles. The first-order chi connectivity index (χ1) is 12.5. The van der Waals surface area contributed by atoms with Crippen molar-refractivity contribution in [2.75, 3.05) is 0 Å². The molecule has 0 fully saturated rings. The quantitative estimate of drug-likeness (QED) is 0.609. The molecule has 0 saturated carbocycles. The van der Waals surface area contributed by atoms with Gasteiger partial charge in [0.1, 0.15) is 0 Å². The standard InChI is InChI=1S/C21H23ClN4/c1-14(2)19-13-20(17-9-11-18(22)12-10-17)24-21(23-19)26-25-15(3)16-7-5-4-6-8-16/h4-14,19H,1-3H3,(H2,23,24,26)/b25-15+. The largest absolute Gasteiger partial charge is 0.325 e. The first-order valence-electron chi connectivity index (χ1n) is 8.71. The highest BCUT2D eigenvalue weighted by Gasteiger charge is 2.19. The van der Waals surface area contributed by atoms with Gasteiger partial charge in [-0.25, -0.2) is 10.4 Å². The van der Waals surface area contributed by atoms with Crippen molar-refractivity contribution in [1.82, 2.24) is 10.7 Å². The van der Waals surface area contributed by atoms with E-state index in [1.165, 1.54) is 0 Å². The molecule has 0 amide bonds. The highest BCUT2D eigenvalue weighted by molar-refractivity contribution is 6.30. The first-order valence-corrected chi connectivity index (χ1v) is 9.09. The third kappa shape index (κ3) is 4.52. The molecule has 1 atom stereocenters. The predicted octanol–water partition coefficient (Wildman–Crippen LogP) is 4.68. The van der Waals surface area contributed by atoms with E-state index in [0.29, 0.717) is 11.9 Å². The van der Waals surface area contributed by atoms with E-state index in [0.717, 1.165) is 27.6 Å². The molecule has 0 aliphatic carbocycles. The van der Waals surface area contributed by atoms with Crippen LogP contribution in [0.5, 0.6) is 0 Å². The monoisotopic (exact) mass is 366 g/mol. The van der Waals surface area contributed by atoms with E-state index in [9.17, 15) is 0 Å². The summed E-state index contributed by atoms with van der Waals surface area (Å²) in [5, 5.41) is 8.53. The van der Waals surface area contributed by atoms with Crippen LogP contribution >= 0.6 is 11.6 Å². The third-order valence-corrected chi connectivity index (χ3v) is 4.48. The topological polar surface area (TPSA) is 48.8 Å². The molecular formula is C21H23ClN4. The Balaban J connectivity index is 1.80. The maximum atomic E-state index is 6.01. The number of hydrogen-bond donors (Lipinski definition) is 2.